The van der Waals surface area contributed by atoms with Crippen LogP contribution in [0.2, 0.25) is 0 Å². The largest absolute Gasteiger partial charge is 0.502 e. The van der Waals surface area contributed by atoms with Crippen LogP contribution >= 0.6 is 0 Å². The first kappa shape index (κ1) is 23.6. The molecule has 2 heterocycles. The molecule has 9 nitrogen and oxygen atoms in total. The number of nitrogens with one attached hydrogen (secondary N) is 1. The minimum Gasteiger partial charge on any atom is -0.502 e. The van der Waals surface area contributed by atoms with Crippen molar-refractivity contribution in [1.82, 2.24) is 10.2 Å². The van der Waals surface area contributed by atoms with E-state index in [0.717, 1.165) is 11.1 Å². The summed E-state index contributed by atoms with van der Waals surface area (Å²) in [5.41, 5.74) is 10.1. The number of ether oxygens (including phenoxy) is 4. The van der Waals surface area contributed by atoms with E-state index in [1.165, 1.54) is 14.2 Å². The molecule has 0 aliphatic carbocycles. The van der Waals surface area contributed by atoms with Crippen LogP contribution < -0.4 is 24.7 Å². The number of nitrogens with zero attached hydrogens (tertiary/aromatic N) is 2. The Hall–Kier alpha value is -5.10. The number of benzene rings is 3. The highest BCUT2D eigenvalue weighted by Crippen LogP contribution is 2.49. The van der Waals surface area contributed by atoms with Gasteiger partial charge in [0.25, 0.3) is 0 Å². The predicted octanol–water partition coefficient (Wildman–Crippen LogP) is 4.60. The van der Waals surface area contributed by atoms with Gasteiger partial charge in [0.05, 0.1) is 31.4 Å². The van der Waals surface area contributed by atoms with E-state index in [9.17, 15) is 10.4 Å². The van der Waals surface area contributed by atoms with Gasteiger partial charge in [0.2, 0.25) is 17.5 Å². The highest BCUT2D eigenvalue weighted by molar-refractivity contribution is 5.72. The highest BCUT2D eigenvalue weighted by atomic mass is 16.5. The van der Waals surface area contributed by atoms with Gasteiger partial charge in [-0.25, -0.2) is 0 Å². The average Bonchev–Trinajstić information content (AvgIpc) is 3.35. The van der Waals surface area contributed by atoms with E-state index in [-0.39, 0.29) is 34.6 Å². The van der Waals surface area contributed by atoms with Crippen molar-refractivity contribution in [1.29, 1.82) is 5.26 Å². The zero-order chi connectivity index (χ0) is 25.9. The second-order valence-electron chi connectivity index (χ2n) is 8.31. The molecule has 0 saturated carbocycles. The summed E-state index contributed by atoms with van der Waals surface area (Å²) in [6, 6.07) is 22.9. The maximum atomic E-state index is 10.4. The van der Waals surface area contributed by atoms with E-state index in [1.807, 2.05) is 54.6 Å². The van der Waals surface area contributed by atoms with Crippen molar-refractivity contribution < 1.29 is 24.1 Å². The minimum atomic E-state index is -0.653. The molecule has 0 amide bonds. The molecule has 0 fully saturated rings. The maximum Gasteiger partial charge on any atom is 0.244 e. The van der Waals surface area contributed by atoms with Crippen LogP contribution in [0.4, 0.5) is 0 Å². The quantitative estimate of drug-likeness (QED) is 0.338. The SMILES string of the molecule is COc1cc(C2C(C#N)=C(N)Oc3n[nH]c(-c4ccc(OCc5ccccc5)cc4)c32)cc(OC)c1O. The van der Waals surface area contributed by atoms with Crippen LogP contribution in [0.1, 0.15) is 22.6 Å². The van der Waals surface area contributed by atoms with Gasteiger partial charge in [-0.05, 0) is 47.5 Å². The number of aromatic nitrogens is 2. The summed E-state index contributed by atoms with van der Waals surface area (Å²) in [6.45, 7) is 0.454. The van der Waals surface area contributed by atoms with Crippen molar-refractivity contribution in [2.45, 2.75) is 12.5 Å². The lowest BCUT2D eigenvalue weighted by molar-refractivity contribution is 0.306. The average molecular weight is 497 g/mol. The van der Waals surface area contributed by atoms with Gasteiger partial charge in [0, 0.05) is 5.56 Å². The summed E-state index contributed by atoms with van der Waals surface area (Å²) in [5, 5.41) is 27.7. The Balaban J connectivity index is 1.54. The van der Waals surface area contributed by atoms with E-state index in [1.54, 1.807) is 12.1 Å². The Bertz CT molecular complexity index is 1480. The topological polar surface area (TPSA) is 136 Å². The Morgan fingerprint density at radius 1 is 1.05 bits per heavy atom. The number of nitrogens with two attached hydrogens (primary N) is 1. The van der Waals surface area contributed by atoms with E-state index in [4.69, 9.17) is 24.7 Å². The molecule has 1 atom stereocenters. The van der Waals surface area contributed by atoms with Gasteiger partial charge < -0.3 is 29.8 Å². The Morgan fingerprint density at radius 2 is 1.73 bits per heavy atom. The third kappa shape index (κ3) is 4.36. The molecular weight excluding hydrogens is 472 g/mol. The number of fused-ring (bicyclic) bond motifs is 1. The Kier molecular flexibility index (Phi) is 6.31. The second-order valence-corrected chi connectivity index (χ2v) is 8.31. The number of methoxy groups -OCH3 is 2. The van der Waals surface area contributed by atoms with Crippen molar-refractivity contribution in [3.63, 3.8) is 0 Å². The van der Waals surface area contributed by atoms with Crippen LogP contribution in [0.5, 0.6) is 28.9 Å². The number of aromatic amines is 1. The lowest BCUT2D eigenvalue weighted by Crippen LogP contribution is -2.21. The molecule has 1 aromatic heterocycles. The number of H-pyrrole nitrogens is 1. The van der Waals surface area contributed by atoms with Crippen LogP contribution in [0.15, 0.2) is 78.2 Å². The Morgan fingerprint density at radius 3 is 2.35 bits per heavy atom. The molecule has 0 bridgehead atoms. The van der Waals surface area contributed by atoms with Crippen molar-refractivity contribution in [2.75, 3.05) is 14.2 Å². The minimum absolute atomic E-state index is 0.0475. The maximum absolute atomic E-state index is 10.4. The molecule has 4 N–H and O–H groups in total. The predicted molar refractivity (Wildman–Crippen MR) is 135 cm³/mol. The van der Waals surface area contributed by atoms with Gasteiger partial charge in [-0.15, -0.1) is 5.10 Å². The number of rotatable bonds is 7. The first-order chi connectivity index (χ1) is 18.0. The van der Waals surface area contributed by atoms with Crippen LogP contribution in [0.25, 0.3) is 11.3 Å². The molecule has 0 spiro atoms. The van der Waals surface area contributed by atoms with Gasteiger partial charge in [-0.3, -0.25) is 5.10 Å². The summed E-state index contributed by atoms with van der Waals surface area (Å²) in [4.78, 5) is 0. The molecule has 37 heavy (non-hydrogen) atoms. The normalized spacial score (nSPS) is 14.4. The van der Waals surface area contributed by atoms with E-state index in [0.29, 0.717) is 29.2 Å². The zero-order valence-corrected chi connectivity index (χ0v) is 20.2. The van der Waals surface area contributed by atoms with Gasteiger partial charge in [-0.1, -0.05) is 30.3 Å². The van der Waals surface area contributed by atoms with Crippen molar-refractivity contribution >= 4 is 0 Å². The van der Waals surface area contributed by atoms with Gasteiger partial charge in [0.1, 0.15) is 24.0 Å². The Labute approximate surface area is 213 Å². The van der Waals surface area contributed by atoms with Gasteiger partial charge >= 0.3 is 0 Å². The fraction of sp³-hybridized carbons (Fsp3) is 0.143. The summed E-state index contributed by atoms with van der Waals surface area (Å²) in [6.07, 6.45) is 0. The molecule has 1 unspecified atom stereocenters. The molecule has 1 aliphatic rings. The third-order valence-corrected chi connectivity index (χ3v) is 6.17. The third-order valence-electron chi connectivity index (χ3n) is 6.17. The van der Waals surface area contributed by atoms with E-state index >= 15 is 0 Å². The van der Waals surface area contributed by atoms with Crippen LogP contribution in [0, 0.1) is 11.3 Å². The lowest BCUT2D eigenvalue weighted by atomic mass is 9.82. The second kappa shape index (κ2) is 9.87. The van der Waals surface area contributed by atoms with E-state index < -0.39 is 5.92 Å². The fourth-order valence-electron chi connectivity index (χ4n) is 4.34. The first-order valence-electron chi connectivity index (χ1n) is 11.4. The standard InChI is InChI=1S/C28H24N4O5/c1-34-21-12-18(13-22(35-2)26(21)33)23-20(14-29)27(30)37-28-24(23)25(31-32-28)17-8-10-19(11-9-17)36-15-16-6-4-3-5-7-16/h3-13,23,33H,15,30H2,1-2H3,(H,31,32). The first-order valence-corrected chi connectivity index (χ1v) is 11.4. The number of allylic oxidation sites excluding steroid dienone is 1. The smallest absolute Gasteiger partial charge is 0.244 e. The number of aromatic hydroxyl groups is 1. The van der Waals surface area contributed by atoms with Crippen molar-refractivity contribution in [3.8, 4) is 46.2 Å². The number of nitriles is 1. The molecule has 1 aliphatic heterocycles. The molecule has 5 rings (SSSR count). The summed E-state index contributed by atoms with van der Waals surface area (Å²) in [7, 11) is 2.88. The van der Waals surface area contributed by atoms with Crippen LogP contribution in [-0.4, -0.2) is 29.5 Å². The molecule has 0 saturated heterocycles. The number of hydrogen-bond acceptors (Lipinski definition) is 8. The van der Waals surface area contributed by atoms with E-state index in [2.05, 4.69) is 16.3 Å². The van der Waals surface area contributed by atoms with Gasteiger partial charge in [-0.2, -0.15) is 5.26 Å². The monoisotopic (exact) mass is 496 g/mol. The van der Waals surface area contributed by atoms with Crippen LogP contribution in [0.3, 0.4) is 0 Å². The fourth-order valence-corrected chi connectivity index (χ4v) is 4.34. The molecule has 186 valence electrons. The molecule has 4 aromatic rings. The number of phenolic OH excluding ortho intramolecular Hbond substituents is 1. The number of phenols is 1. The zero-order valence-electron chi connectivity index (χ0n) is 20.2. The lowest BCUT2D eigenvalue weighted by Gasteiger charge is -2.25. The molecule has 9 heteroatoms. The molecule has 0 radical (unpaired) electrons. The summed E-state index contributed by atoms with van der Waals surface area (Å²) in [5.74, 6) is 0.519. The highest BCUT2D eigenvalue weighted by Gasteiger charge is 2.36. The van der Waals surface area contributed by atoms with Crippen molar-refractivity contribution in [2.24, 2.45) is 5.73 Å². The van der Waals surface area contributed by atoms with Crippen molar-refractivity contribution in [3.05, 3.63) is 94.9 Å². The summed E-state index contributed by atoms with van der Waals surface area (Å²) < 4.78 is 22.3. The molecular formula is C28H24N4O5. The molecule has 3 aromatic carbocycles. The summed E-state index contributed by atoms with van der Waals surface area (Å²) >= 11 is 0. The number of hydrogen-bond donors (Lipinski definition) is 3. The van der Waals surface area contributed by atoms with Gasteiger partial charge in [0.15, 0.2) is 11.5 Å². The van der Waals surface area contributed by atoms with Crippen LogP contribution in [-0.2, 0) is 6.61 Å².